The van der Waals surface area contributed by atoms with Crippen LogP contribution in [0.5, 0.6) is 5.75 Å². The lowest BCUT2D eigenvalue weighted by Crippen LogP contribution is -2.34. The SMILES string of the molecule is C=CC(=O)N1CCc2ccc(OC3CC4CCC3C4)cc2C1. The van der Waals surface area contributed by atoms with Gasteiger partial charge >= 0.3 is 0 Å². The Balaban J connectivity index is 1.49. The van der Waals surface area contributed by atoms with Crippen LogP contribution in [0.2, 0.25) is 0 Å². The van der Waals surface area contributed by atoms with Crippen molar-refractivity contribution in [3.05, 3.63) is 42.0 Å². The molecule has 3 nitrogen and oxygen atoms in total. The van der Waals surface area contributed by atoms with Gasteiger partial charge < -0.3 is 9.64 Å². The number of benzene rings is 1. The Morgan fingerprint density at radius 2 is 2.18 bits per heavy atom. The summed E-state index contributed by atoms with van der Waals surface area (Å²) in [5.41, 5.74) is 2.57. The molecule has 0 radical (unpaired) electrons. The van der Waals surface area contributed by atoms with E-state index in [-0.39, 0.29) is 5.91 Å². The molecule has 1 heterocycles. The number of amides is 1. The monoisotopic (exact) mass is 297 g/mol. The van der Waals surface area contributed by atoms with Gasteiger partial charge in [-0.15, -0.1) is 0 Å². The van der Waals surface area contributed by atoms with Gasteiger partial charge in [-0.1, -0.05) is 12.6 Å². The summed E-state index contributed by atoms with van der Waals surface area (Å²) < 4.78 is 6.27. The number of rotatable bonds is 3. The van der Waals surface area contributed by atoms with Crippen LogP contribution in [-0.4, -0.2) is 23.5 Å². The molecule has 0 aromatic heterocycles. The standard InChI is InChI=1S/C19H23NO2/c1-2-19(21)20-8-7-14-5-6-17(11-16(14)12-20)22-18-10-13-3-4-15(18)9-13/h2,5-6,11,13,15,18H,1,3-4,7-10,12H2. The summed E-state index contributed by atoms with van der Waals surface area (Å²) in [6, 6.07) is 6.42. The van der Waals surface area contributed by atoms with E-state index in [9.17, 15) is 4.79 Å². The molecule has 2 bridgehead atoms. The van der Waals surface area contributed by atoms with Crippen LogP contribution in [0.3, 0.4) is 0 Å². The third-order valence-corrected chi connectivity index (χ3v) is 5.64. The number of nitrogens with zero attached hydrogens (tertiary/aromatic N) is 1. The fourth-order valence-corrected chi connectivity index (χ4v) is 4.43. The predicted octanol–water partition coefficient (Wildman–Crippen LogP) is 3.32. The fourth-order valence-electron chi connectivity index (χ4n) is 4.43. The number of carbonyl (C=O) groups is 1. The minimum atomic E-state index is 0.0186. The van der Waals surface area contributed by atoms with Crippen molar-refractivity contribution >= 4 is 5.91 Å². The Labute approximate surface area is 132 Å². The molecule has 3 unspecified atom stereocenters. The zero-order chi connectivity index (χ0) is 15.1. The largest absolute Gasteiger partial charge is 0.490 e. The fraction of sp³-hybridized carbons (Fsp3) is 0.526. The second-order valence-electron chi connectivity index (χ2n) is 6.98. The molecule has 3 atom stereocenters. The van der Waals surface area contributed by atoms with Crippen molar-refractivity contribution in [3.8, 4) is 5.75 Å². The van der Waals surface area contributed by atoms with E-state index in [4.69, 9.17) is 4.74 Å². The smallest absolute Gasteiger partial charge is 0.246 e. The first kappa shape index (κ1) is 13.9. The van der Waals surface area contributed by atoms with Gasteiger partial charge in [0.2, 0.25) is 5.91 Å². The second-order valence-corrected chi connectivity index (χ2v) is 6.98. The van der Waals surface area contributed by atoms with E-state index in [1.807, 2.05) is 4.90 Å². The topological polar surface area (TPSA) is 29.5 Å². The first-order valence-electron chi connectivity index (χ1n) is 8.42. The van der Waals surface area contributed by atoms with Crippen molar-refractivity contribution in [3.63, 3.8) is 0 Å². The summed E-state index contributed by atoms with van der Waals surface area (Å²) >= 11 is 0. The van der Waals surface area contributed by atoms with Crippen molar-refractivity contribution in [1.29, 1.82) is 0 Å². The first-order valence-corrected chi connectivity index (χ1v) is 8.42. The molecule has 1 amide bonds. The van der Waals surface area contributed by atoms with E-state index < -0.39 is 0 Å². The number of hydrogen-bond donors (Lipinski definition) is 0. The third-order valence-electron chi connectivity index (χ3n) is 5.64. The number of ether oxygens (including phenoxy) is 1. The van der Waals surface area contributed by atoms with E-state index in [0.29, 0.717) is 12.6 Å². The summed E-state index contributed by atoms with van der Waals surface area (Å²) in [5.74, 6) is 2.66. The molecule has 3 heteroatoms. The molecule has 1 aromatic rings. The number of hydrogen-bond acceptors (Lipinski definition) is 2. The molecule has 3 aliphatic rings. The lowest BCUT2D eigenvalue weighted by molar-refractivity contribution is -0.126. The van der Waals surface area contributed by atoms with Crippen molar-refractivity contribution in [1.82, 2.24) is 4.90 Å². The van der Waals surface area contributed by atoms with E-state index in [1.165, 1.54) is 42.9 Å². The maximum absolute atomic E-state index is 11.8. The van der Waals surface area contributed by atoms with Gasteiger partial charge in [-0.2, -0.15) is 0 Å². The molecule has 2 aliphatic carbocycles. The van der Waals surface area contributed by atoms with Gasteiger partial charge in [-0.3, -0.25) is 4.79 Å². The zero-order valence-electron chi connectivity index (χ0n) is 13.0. The Bertz CT molecular complexity index is 609. The Kier molecular flexibility index (Phi) is 3.44. The van der Waals surface area contributed by atoms with Crippen LogP contribution in [0.25, 0.3) is 0 Å². The summed E-state index contributed by atoms with van der Waals surface area (Å²) in [6.45, 7) is 5.04. The van der Waals surface area contributed by atoms with E-state index in [0.717, 1.165) is 30.6 Å². The quantitative estimate of drug-likeness (QED) is 0.801. The highest BCUT2D eigenvalue weighted by Crippen LogP contribution is 2.46. The maximum atomic E-state index is 11.8. The predicted molar refractivity (Wildman–Crippen MR) is 85.6 cm³/mol. The van der Waals surface area contributed by atoms with Crippen LogP contribution in [0, 0.1) is 11.8 Å². The molecule has 22 heavy (non-hydrogen) atoms. The molecule has 116 valence electrons. The summed E-state index contributed by atoms with van der Waals surface area (Å²) in [4.78, 5) is 13.7. The van der Waals surface area contributed by atoms with Crippen LogP contribution in [-0.2, 0) is 17.8 Å². The van der Waals surface area contributed by atoms with Crippen LogP contribution < -0.4 is 4.74 Å². The van der Waals surface area contributed by atoms with E-state index in [1.54, 1.807) is 0 Å². The number of carbonyl (C=O) groups excluding carboxylic acids is 1. The van der Waals surface area contributed by atoms with E-state index >= 15 is 0 Å². The Hall–Kier alpha value is -1.77. The zero-order valence-corrected chi connectivity index (χ0v) is 13.0. The van der Waals surface area contributed by atoms with E-state index in [2.05, 4.69) is 24.8 Å². The molecule has 4 rings (SSSR count). The highest BCUT2D eigenvalue weighted by Gasteiger charge is 2.41. The van der Waals surface area contributed by atoms with Crippen molar-refractivity contribution in [2.24, 2.45) is 11.8 Å². The van der Waals surface area contributed by atoms with Gasteiger partial charge in [0, 0.05) is 13.1 Å². The maximum Gasteiger partial charge on any atom is 0.246 e. The normalized spacial score (nSPS) is 29.3. The van der Waals surface area contributed by atoms with Gasteiger partial charge in [0.15, 0.2) is 0 Å². The van der Waals surface area contributed by atoms with Gasteiger partial charge in [0.25, 0.3) is 0 Å². The van der Waals surface area contributed by atoms with Crippen molar-refractivity contribution in [2.75, 3.05) is 6.54 Å². The molecule has 1 aliphatic heterocycles. The molecule has 2 saturated carbocycles. The average Bonchev–Trinajstić information content (AvgIpc) is 3.16. The summed E-state index contributed by atoms with van der Waals surface area (Å²) in [7, 11) is 0. The summed E-state index contributed by atoms with van der Waals surface area (Å²) in [6.07, 6.45) is 8.05. The average molecular weight is 297 g/mol. The molecular formula is C19H23NO2. The highest BCUT2D eigenvalue weighted by molar-refractivity contribution is 5.87. The lowest BCUT2D eigenvalue weighted by Gasteiger charge is -2.29. The van der Waals surface area contributed by atoms with Gasteiger partial charge in [0.05, 0.1) is 0 Å². The first-order chi connectivity index (χ1) is 10.7. The molecule has 0 saturated heterocycles. The van der Waals surface area contributed by atoms with Crippen molar-refractivity contribution < 1.29 is 9.53 Å². The second kappa shape index (κ2) is 5.45. The van der Waals surface area contributed by atoms with Gasteiger partial charge in [-0.25, -0.2) is 0 Å². The number of fused-ring (bicyclic) bond motifs is 3. The molecule has 2 fully saturated rings. The Morgan fingerprint density at radius 3 is 2.91 bits per heavy atom. The van der Waals surface area contributed by atoms with Crippen LogP contribution >= 0.6 is 0 Å². The molecular weight excluding hydrogens is 274 g/mol. The minimum absolute atomic E-state index is 0.0186. The lowest BCUT2D eigenvalue weighted by atomic mass is 9.97. The molecule has 0 N–H and O–H groups in total. The van der Waals surface area contributed by atoms with Gasteiger partial charge in [0.1, 0.15) is 11.9 Å². The van der Waals surface area contributed by atoms with Crippen LogP contribution in [0.15, 0.2) is 30.9 Å². The van der Waals surface area contributed by atoms with Crippen molar-refractivity contribution in [2.45, 2.75) is 44.8 Å². The Morgan fingerprint density at radius 1 is 1.27 bits per heavy atom. The highest BCUT2D eigenvalue weighted by atomic mass is 16.5. The third kappa shape index (κ3) is 2.43. The minimum Gasteiger partial charge on any atom is -0.490 e. The van der Waals surface area contributed by atoms with Crippen LogP contribution in [0.1, 0.15) is 36.8 Å². The van der Waals surface area contributed by atoms with Gasteiger partial charge in [-0.05, 0) is 73.3 Å². The van der Waals surface area contributed by atoms with Crippen LogP contribution in [0.4, 0.5) is 0 Å². The molecule has 0 spiro atoms. The molecule has 1 aromatic carbocycles. The summed E-state index contributed by atoms with van der Waals surface area (Å²) in [5, 5.41) is 0.